The quantitative estimate of drug-likeness (QED) is 0.311. The summed E-state index contributed by atoms with van der Waals surface area (Å²) in [4.78, 5) is 20.4. The molecule has 0 amide bonds. The Kier molecular flexibility index (Phi) is 4.59. The van der Waals surface area contributed by atoms with Gasteiger partial charge in [-0.15, -0.1) is 0 Å². The highest BCUT2D eigenvalue weighted by molar-refractivity contribution is 5.66. The van der Waals surface area contributed by atoms with Crippen LogP contribution in [0.2, 0.25) is 0 Å². The van der Waals surface area contributed by atoms with Crippen molar-refractivity contribution in [2.75, 3.05) is 0 Å². The Bertz CT molecular complexity index is 283. The van der Waals surface area contributed by atoms with E-state index in [2.05, 4.69) is 4.89 Å². The van der Waals surface area contributed by atoms with E-state index in [1.807, 2.05) is 20.0 Å². The van der Waals surface area contributed by atoms with Crippen LogP contribution in [0.3, 0.4) is 0 Å². The number of hydrogen-bond donors (Lipinski definition) is 0. The van der Waals surface area contributed by atoms with Gasteiger partial charge in [-0.1, -0.05) is 13.3 Å². The molecular formula is C11H16O5. The maximum atomic E-state index is 10.9. The third kappa shape index (κ3) is 2.87. The van der Waals surface area contributed by atoms with E-state index in [0.29, 0.717) is 0 Å². The molecule has 0 radical (unpaired) electrons. The van der Waals surface area contributed by atoms with Crippen molar-refractivity contribution in [3.8, 4) is 12.5 Å². The molecule has 0 aromatic rings. The Morgan fingerprint density at radius 2 is 2.19 bits per heavy atom. The molecule has 0 N–H and O–H groups in total. The summed E-state index contributed by atoms with van der Waals surface area (Å²) in [6, 6.07) is 0. The SMILES string of the molecule is C#COOC1C(CC)OC(C)C1OC(C)=O. The molecular weight excluding hydrogens is 212 g/mol. The second kappa shape index (κ2) is 5.73. The Balaban J connectivity index is 2.69. The van der Waals surface area contributed by atoms with Gasteiger partial charge >= 0.3 is 5.97 Å². The predicted molar refractivity (Wildman–Crippen MR) is 55.0 cm³/mol. The van der Waals surface area contributed by atoms with Crippen molar-refractivity contribution in [3.05, 3.63) is 0 Å². The standard InChI is InChI=1S/C11H16O5/c1-5-9-11(16-13-6-2)10(7(3)14-9)15-8(4)12/h2,7,9-11H,5H2,1,3-4H3. The van der Waals surface area contributed by atoms with Crippen LogP contribution in [0.25, 0.3) is 0 Å². The van der Waals surface area contributed by atoms with Crippen molar-refractivity contribution in [3.63, 3.8) is 0 Å². The van der Waals surface area contributed by atoms with Crippen LogP contribution in [-0.2, 0) is 24.0 Å². The Morgan fingerprint density at radius 3 is 2.69 bits per heavy atom. The Morgan fingerprint density at radius 1 is 1.50 bits per heavy atom. The molecule has 4 unspecified atom stereocenters. The third-order valence-electron chi connectivity index (χ3n) is 2.45. The van der Waals surface area contributed by atoms with E-state index in [1.165, 1.54) is 6.92 Å². The van der Waals surface area contributed by atoms with Crippen molar-refractivity contribution >= 4 is 5.97 Å². The average Bonchev–Trinajstić information content (AvgIpc) is 2.52. The molecule has 1 aliphatic rings. The maximum Gasteiger partial charge on any atom is 0.303 e. The lowest BCUT2D eigenvalue weighted by Gasteiger charge is -2.20. The number of carbonyl (C=O) groups is 1. The monoisotopic (exact) mass is 228 g/mol. The van der Waals surface area contributed by atoms with E-state index in [4.69, 9.17) is 20.8 Å². The van der Waals surface area contributed by atoms with Gasteiger partial charge in [0.2, 0.25) is 0 Å². The molecule has 90 valence electrons. The van der Waals surface area contributed by atoms with Crippen LogP contribution in [0.15, 0.2) is 0 Å². The fourth-order valence-corrected chi connectivity index (χ4v) is 1.79. The summed E-state index contributed by atoms with van der Waals surface area (Å²) < 4.78 is 10.7. The molecule has 5 nitrogen and oxygen atoms in total. The zero-order valence-electron chi connectivity index (χ0n) is 9.64. The highest BCUT2D eigenvalue weighted by Crippen LogP contribution is 2.28. The molecule has 1 aliphatic heterocycles. The van der Waals surface area contributed by atoms with Gasteiger partial charge in [-0.05, 0) is 13.3 Å². The summed E-state index contributed by atoms with van der Waals surface area (Å²) in [6.07, 6.45) is 6.16. The highest BCUT2D eigenvalue weighted by Gasteiger charge is 2.46. The van der Waals surface area contributed by atoms with Crippen LogP contribution < -0.4 is 0 Å². The normalized spacial score (nSPS) is 33.1. The van der Waals surface area contributed by atoms with Crippen molar-refractivity contribution < 1.29 is 24.0 Å². The number of carbonyl (C=O) groups excluding carboxylic acids is 1. The molecule has 1 saturated heterocycles. The molecule has 16 heavy (non-hydrogen) atoms. The maximum absolute atomic E-state index is 10.9. The summed E-state index contributed by atoms with van der Waals surface area (Å²) >= 11 is 0. The lowest BCUT2D eigenvalue weighted by molar-refractivity contribution is -0.293. The van der Waals surface area contributed by atoms with Gasteiger partial charge in [0.15, 0.2) is 18.3 Å². The largest absolute Gasteiger partial charge is 0.457 e. The average molecular weight is 228 g/mol. The summed E-state index contributed by atoms with van der Waals surface area (Å²) in [5.41, 5.74) is 0. The first-order valence-corrected chi connectivity index (χ1v) is 5.20. The van der Waals surface area contributed by atoms with Crippen LogP contribution in [0.5, 0.6) is 0 Å². The molecule has 1 heterocycles. The number of hydrogen-bond acceptors (Lipinski definition) is 5. The number of terminal acetylenes is 1. The van der Waals surface area contributed by atoms with Gasteiger partial charge in [0.05, 0.1) is 12.2 Å². The van der Waals surface area contributed by atoms with E-state index in [1.54, 1.807) is 0 Å². The van der Waals surface area contributed by atoms with E-state index in [0.717, 1.165) is 6.42 Å². The van der Waals surface area contributed by atoms with Crippen molar-refractivity contribution in [1.29, 1.82) is 0 Å². The molecule has 0 aromatic carbocycles. The second-order valence-corrected chi connectivity index (χ2v) is 3.62. The van der Waals surface area contributed by atoms with Gasteiger partial charge in [-0.2, -0.15) is 4.89 Å². The first-order valence-electron chi connectivity index (χ1n) is 5.20. The Labute approximate surface area is 94.9 Å². The molecule has 0 saturated carbocycles. The van der Waals surface area contributed by atoms with E-state index in [-0.39, 0.29) is 18.2 Å². The van der Waals surface area contributed by atoms with E-state index < -0.39 is 12.2 Å². The fourth-order valence-electron chi connectivity index (χ4n) is 1.79. The number of rotatable bonds is 4. The van der Waals surface area contributed by atoms with Gasteiger partial charge < -0.3 is 9.47 Å². The smallest absolute Gasteiger partial charge is 0.303 e. The van der Waals surface area contributed by atoms with Gasteiger partial charge in [0, 0.05) is 6.92 Å². The van der Waals surface area contributed by atoms with E-state index >= 15 is 0 Å². The molecule has 5 heteroatoms. The lowest BCUT2D eigenvalue weighted by Crippen LogP contribution is -2.37. The minimum absolute atomic E-state index is 0.187. The van der Waals surface area contributed by atoms with Crippen molar-refractivity contribution in [2.45, 2.75) is 51.6 Å². The molecule has 0 bridgehead atoms. The summed E-state index contributed by atoms with van der Waals surface area (Å²) in [5.74, 6) is -0.383. The van der Waals surface area contributed by atoms with Crippen LogP contribution in [0.4, 0.5) is 0 Å². The molecule has 0 aliphatic carbocycles. The van der Waals surface area contributed by atoms with Gasteiger partial charge in [0.1, 0.15) is 0 Å². The van der Waals surface area contributed by atoms with Gasteiger partial charge in [-0.3, -0.25) is 9.68 Å². The number of ether oxygens (including phenoxy) is 2. The first kappa shape index (κ1) is 12.8. The van der Waals surface area contributed by atoms with Gasteiger partial charge in [-0.25, -0.2) is 0 Å². The summed E-state index contributed by atoms with van der Waals surface area (Å²) in [6.45, 7) is 5.10. The van der Waals surface area contributed by atoms with Crippen LogP contribution in [0, 0.1) is 12.5 Å². The minimum atomic E-state index is -0.490. The predicted octanol–water partition coefficient (Wildman–Crippen LogP) is 1.02. The number of esters is 1. The molecule has 1 fully saturated rings. The summed E-state index contributed by atoms with van der Waals surface area (Å²) in [5, 5.41) is 0. The summed E-state index contributed by atoms with van der Waals surface area (Å²) in [7, 11) is 0. The Hall–Kier alpha value is -1.25. The minimum Gasteiger partial charge on any atom is -0.457 e. The first-order chi connectivity index (χ1) is 7.60. The van der Waals surface area contributed by atoms with Crippen molar-refractivity contribution in [1.82, 2.24) is 0 Å². The van der Waals surface area contributed by atoms with Crippen LogP contribution >= 0.6 is 0 Å². The van der Waals surface area contributed by atoms with Gasteiger partial charge in [0.25, 0.3) is 0 Å². The zero-order valence-corrected chi connectivity index (χ0v) is 9.64. The van der Waals surface area contributed by atoms with Crippen molar-refractivity contribution in [2.24, 2.45) is 0 Å². The molecule has 4 atom stereocenters. The zero-order chi connectivity index (χ0) is 12.1. The van der Waals surface area contributed by atoms with Crippen LogP contribution in [-0.4, -0.2) is 30.4 Å². The lowest BCUT2D eigenvalue weighted by atomic mass is 10.1. The molecule has 1 rings (SSSR count). The third-order valence-corrected chi connectivity index (χ3v) is 2.45. The molecule has 0 spiro atoms. The fraction of sp³-hybridized carbons (Fsp3) is 0.727. The van der Waals surface area contributed by atoms with E-state index in [9.17, 15) is 4.79 Å². The highest BCUT2D eigenvalue weighted by atomic mass is 17.2. The van der Waals surface area contributed by atoms with Crippen LogP contribution in [0.1, 0.15) is 27.2 Å². The molecule has 0 aromatic heterocycles. The second-order valence-electron chi connectivity index (χ2n) is 3.62. The topological polar surface area (TPSA) is 54.0 Å².